The Hall–Kier alpha value is -3.67. The molecular weight excluding hydrogens is 368 g/mol. The van der Waals surface area contributed by atoms with Crippen LogP contribution < -0.4 is 4.74 Å². The fourth-order valence-electron chi connectivity index (χ4n) is 3.03. The zero-order valence-corrected chi connectivity index (χ0v) is 16.4. The summed E-state index contributed by atoms with van der Waals surface area (Å²) in [5.74, 6) is 0.543. The van der Waals surface area contributed by atoms with Gasteiger partial charge in [0.05, 0.1) is 7.11 Å². The lowest BCUT2D eigenvalue weighted by Crippen LogP contribution is -2.11. The zero-order chi connectivity index (χ0) is 20.4. The van der Waals surface area contributed by atoms with E-state index < -0.39 is 12.1 Å². The normalized spacial score (nSPS) is 12.0. The van der Waals surface area contributed by atoms with E-state index in [1.165, 1.54) is 7.11 Å². The van der Waals surface area contributed by atoms with Gasteiger partial charge >= 0.3 is 5.97 Å². The number of methoxy groups -OCH3 is 1. The zero-order valence-electron chi connectivity index (χ0n) is 16.4. The lowest BCUT2D eigenvalue weighted by atomic mass is 10.1. The van der Waals surface area contributed by atoms with Crippen LogP contribution in [0.3, 0.4) is 0 Å². The molecule has 0 aliphatic heterocycles. The van der Waals surface area contributed by atoms with Crippen LogP contribution in [0, 0.1) is 6.92 Å². The molecule has 0 bridgehead atoms. The molecule has 0 aliphatic rings. The minimum Gasteiger partial charge on any atom is -0.496 e. The predicted molar refractivity (Wildman–Crippen MR) is 109 cm³/mol. The highest BCUT2D eigenvalue weighted by molar-refractivity contribution is 5.98. The number of hydrogen-bond acceptors (Lipinski definition) is 6. The molecule has 146 valence electrons. The van der Waals surface area contributed by atoms with E-state index in [0.717, 1.165) is 21.9 Å². The van der Waals surface area contributed by atoms with Gasteiger partial charge in [-0.15, -0.1) is 10.2 Å². The number of ether oxygens (including phenoxy) is 2. The Labute approximate surface area is 168 Å². The van der Waals surface area contributed by atoms with Crippen molar-refractivity contribution in [2.24, 2.45) is 0 Å². The second kappa shape index (κ2) is 7.75. The Kier molecular flexibility index (Phi) is 4.99. The average Bonchev–Trinajstić information content (AvgIpc) is 3.23. The summed E-state index contributed by atoms with van der Waals surface area (Å²) < 4.78 is 16.7. The first-order valence-electron chi connectivity index (χ1n) is 9.23. The molecule has 0 N–H and O–H groups in total. The third-order valence-corrected chi connectivity index (χ3v) is 4.66. The number of carbonyl (C=O) groups excluding carboxylic acids is 1. The summed E-state index contributed by atoms with van der Waals surface area (Å²) in [6.07, 6.45) is -0.703. The lowest BCUT2D eigenvalue weighted by molar-refractivity contribution is 0.0276. The van der Waals surface area contributed by atoms with Gasteiger partial charge in [-0.1, -0.05) is 42.0 Å². The SMILES string of the molecule is COc1cc2ccccc2cc1C(=O)O[C@H](C)c1nnc(-c2ccc(C)cc2)o1. The topological polar surface area (TPSA) is 74.5 Å². The monoisotopic (exact) mass is 388 g/mol. The second-order valence-electron chi connectivity index (χ2n) is 6.76. The molecule has 0 saturated carbocycles. The Morgan fingerprint density at radius 1 is 1.00 bits per heavy atom. The molecular formula is C23H20N2O4. The highest BCUT2D eigenvalue weighted by Crippen LogP contribution is 2.29. The van der Waals surface area contributed by atoms with Crippen LogP contribution >= 0.6 is 0 Å². The number of carbonyl (C=O) groups is 1. The predicted octanol–water partition coefficient (Wildman–Crippen LogP) is 5.12. The van der Waals surface area contributed by atoms with Crippen molar-refractivity contribution >= 4 is 16.7 Å². The van der Waals surface area contributed by atoms with Crippen molar-refractivity contribution in [3.8, 4) is 17.2 Å². The van der Waals surface area contributed by atoms with Gasteiger partial charge in [0.2, 0.25) is 5.89 Å². The molecule has 0 amide bonds. The van der Waals surface area contributed by atoms with E-state index in [1.54, 1.807) is 13.0 Å². The Morgan fingerprint density at radius 3 is 2.38 bits per heavy atom. The van der Waals surface area contributed by atoms with Crippen LogP contribution in [0.1, 0.15) is 34.8 Å². The van der Waals surface area contributed by atoms with Gasteiger partial charge in [0.1, 0.15) is 11.3 Å². The third kappa shape index (κ3) is 3.82. The van der Waals surface area contributed by atoms with Gasteiger partial charge in [0.15, 0.2) is 6.10 Å². The number of aryl methyl sites for hydroxylation is 1. The van der Waals surface area contributed by atoms with Gasteiger partial charge in [-0.05, 0) is 48.9 Å². The lowest BCUT2D eigenvalue weighted by Gasteiger charge is -2.13. The summed E-state index contributed by atoms with van der Waals surface area (Å²) in [6, 6.07) is 19.1. The first kappa shape index (κ1) is 18.7. The van der Waals surface area contributed by atoms with E-state index in [9.17, 15) is 4.79 Å². The van der Waals surface area contributed by atoms with E-state index >= 15 is 0 Å². The quantitative estimate of drug-likeness (QED) is 0.442. The maximum absolute atomic E-state index is 12.8. The van der Waals surface area contributed by atoms with Gasteiger partial charge in [0, 0.05) is 5.56 Å². The fraction of sp³-hybridized carbons (Fsp3) is 0.174. The van der Waals surface area contributed by atoms with Crippen LogP contribution in [-0.2, 0) is 4.74 Å². The summed E-state index contributed by atoms with van der Waals surface area (Å²) in [6.45, 7) is 3.70. The number of nitrogens with zero attached hydrogens (tertiary/aromatic N) is 2. The molecule has 0 unspecified atom stereocenters. The molecule has 0 saturated heterocycles. The molecule has 0 spiro atoms. The van der Waals surface area contributed by atoms with Crippen LogP contribution in [-0.4, -0.2) is 23.3 Å². The van der Waals surface area contributed by atoms with Crippen molar-refractivity contribution < 1.29 is 18.7 Å². The van der Waals surface area contributed by atoms with Gasteiger partial charge < -0.3 is 13.9 Å². The highest BCUT2D eigenvalue weighted by Gasteiger charge is 2.22. The van der Waals surface area contributed by atoms with Gasteiger partial charge in [0.25, 0.3) is 5.89 Å². The second-order valence-corrected chi connectivity index (χ2v) is 6.76. The smallest absolute Gasteiger partial charge is 0.342 e. The van der Waals surface area contributed by atoms with Gasteiger partial charge in [-0.2, -0.15) is 0 Å². The number of rotatable bonds is 5. The number of benzene rings is 3. The van der Waals surface area contributed by atoms with E-state index in [1.807, 2.05) is 61.5 Å². The van der Waals surface area contributed by atoms with Gasteiger partial charge in [-0.3, -0.25) is 0 Å². The highest BCUT2D eigenvalue weighted by atomic mass is 16.6. The minimum absolute atomic E-state index is 0.230. The molecule has 0 aliphatic carbocycles. The molecule has 29 heavy (non-hydrogen) atoms. The van der Waals surface area contributed by atoms with Crippen molar-refractivity contribution in [1.29, 1.82) is 0 Å². The number of esters is 1. The van der Waals surface area contributed by atoms with Crippen LogP contribution in [0.2, 0.25) is 0 Å². The summed E-state index contributed by atoms with van der Waals surface area (Å²) in [4.78, 5) is 12.8. The van der Waals surface area contributed by atoms with Crippen LogP contribution in [0.4, 0.5) is 0 Å². The molecule has 4 aromatic rings. The summed E-state index contributed by atoms with van der Waals surface area (Å²) in [5, 5.41) is 9.99. The molecule has 1 heterocycles. The maximum atomic E-state index is 12.8. The third-order valence-electron chi connectivity index (χ3n) is 4.66. The molecule has 0 radical (unpaired) electrons. The molecule has 0 fully saturated rings. The Balaban J connectivity index is 1.56. The van der Waals surface area contributed by atoms with E-state index in [4.69, 9.17) is 13.9 Å². The standard InChI is InChI=1S/C23H20N2O4/c1-14-8-10-16(11-9-14)22-25-24-21(29-22)15(2)28-23(26)19-12-17-6-4-5-7-18(17)13-20(19)27-3/h4-13,15H,1-3H3/t15-/m1/s1. The van der Waals surface area contributed by atoms with Crippen molar-refractivity contribution in [3.05, 3.63) is 77.7 Å². The number of aromatic nitrogens is 2. The van der Waals surface area contributed by atoms with E-state index in [0.29, 0.717) is 17.2 Å². The summed E-state index contributed by atoms with van der Waals surface area (Å²) in [5.41, 5.74) is 2.29. The maximum Gasteiger partial charge on any atom is 0.342 e. The fourth-order valence-corrected chi connectivity index (χ4v) is 3.03. The molecule has 1 aromatic heterocycles. The van der Waals surface area contributed by atoms with E-state index in [-0.39, 0.29) is 5.89 Å². The molecule has 6 heteroatoms. The van der Waals surface area contributed by atoms with Gasteiger partial charge in [-0.25, -0.2) is 4.79 Å². The molecule has 3 aromatic carbocycles. The van der Waals surface area contributed by atoms with Crippen molar-refractivity contribution in [2.75, 3.05) is 7.11 Å². The van der Waals surface area contributed by atoms with Crippen molar-refractivity contribution in [3.63, 3.8) is 0 Å². The largest absolute Gasteiger partial charge is 0.496 e. The molecule has 1 atom stereocenters. The summed E-state index contributed by atoms with van der Waals surface area (Å²) >= 11 is 0. The average molecular weight is 388 g/mol. The van der Waals surface area contributed by atoms with Crippen LogP contribution in [0.25, 0.3) is 22.2 Å². The van der Waals surface area contributed by atoms with Crippen LogP contribution in [0.5, 0.6) is 5.75 Å². The molecule has 4 rings (SSSR count). The van der Waals surface area contributed by atoms with Crippen LogP contribution in [0.15, 0.2) is 65.1 Å². The minimum atomic E-state index is -0.703. The van der Waals surface area contributed by atoms with E-state index in [2.05, 4.69) is 10.2 Å². The molecule has 6 nitrogen and oxygen atoms in total. The van der Waals surface area contributed by atoms with Crippen molar-refractivity contribution in [2.45, 2.75) is 20.0 Å². The first-order valence-corrected chi connectivity index (χ1v) is 9.23. The van der Waals surface area contributed by atoms with Crippen molar-refractivity contribution in [1.82, 2.24) is 10.2 Å². The number of hydrogen-bond donors (Lipinski definition) is 0. The Bertz CT molecular complexity index is 1170. The first-order chi connectivity index (χ1) is 14.0. The summed E-state index contributed by atoms with van der Waals surface area (Å²) in [7, 11) is 1.52. The number of fused-ring (bicyclic) bond motifs is 1. The Morgan fingerprint density at radius 2 is 1.69 bits per heavy atom.